The van der Waals surface area contributed by atoms with Gasteiger partial charge in [0.05, 0.1) is 28.6 Å². The molecule has 0 radical (unpaired) electrons. The molecule has 3 rings (SSSR count). The maximum atomic E-state index is 11.5. The molecule has 0 amide bonds. The highest BCUT2D eigenvalue weighted by Gasteiger charge is 2.39. The molecule has 2 heterocycles. The monoisotopic (exact) mass is 373 g/mol. The Hall–Kier alpha value is -2.48. The fourth-order valence-corrected chi connectivity index (χ4v) is 3.65. The summed E-state index contributed by atoms with van der Waals surface area (Å²) in [4.78, 5) is 16.2. The molecular weight excluding hydrogens is 346 g/mol. The second-order valence-corrected chi connectivity index (χ2v) is 7.52. The molecular formula is C19H27N5O3. The molecule has 1 fully saturated rings. The van der Waals surface area contributed by atoms with E-state index in [1.807, 2.05) is 33.2 Å². The second-order valence-electron chi connectivity index (χ2n) is 7.52. The predicted octanol–water partition coefficient (Wildman–Crippen LogP) is 2.32. The van der Waals surface area contributed by atoms with Gasteiger partial charge >= 0.3 is 5.97 Å². The Morgan fingerprint density at radius 2 is 2.26 bits per heavy atom. The van der Waals surface area contributed by atoms with Crippen LogP contribution in [0.2, 0.25) is 0 Å². The largest absolute Gasteiger partial charge is 0.488 e. The van der Waals surface area contributed by atoms with Gasteiger partial charge in [0.2, 0.25) is 0 Å². The topological polar surface area (TPSA) is 102 Å². The standard InChI is InChI=1S/C19H27N5O3/c1-12-16(27-13-6-5-9-19(2,10-13)18(25)26)8-7-14(21-12)17-15(11-20-3)24(4)23-22-17/h7-8,13,20H,5-6,9-11H2,1-4H3,(H,25,26)/t13-,19-/m0/s1. The molecule has 0 aromatic carbocycles. The van der Waals surface area contributed by atoms with E-state index in [1.165, 1.54) is 0 Å². The number of carboxylic acid groups (broad SMARTS) is 1. The molecule has 0 aliphatic heterocycles. The molecule has 8 nitrogen and oxygen atoms in total. The molecule has 2 aromatic rings. The first-order valence-corrected chi connectivity index (χ1v) is 9.25. The van der Waals surface area contributed by atoms with Gasteiger partial charge in [-0.1, -0.05) is 5.21 Å². The van der Waals surface area contributed by atoms with Gasteiger partial charge in [-0.05, 0) is 52.3 Å². The number of nitrogens with one attached hydrogen (secondary N) is 1. The van der Waals surface area contributed by atoms with E-state index in [9.17, 15) is 9.90 Å². The van der Waals surface area contributed by atoms with Crippen LogP contribution in [0, 0.1) is 12.3 Å². The van der Waals surface area contributed by atoms with E-state index in [4.69, 9.17) is 4.74 Å². The lowest BCUT2D eigenvalue weighted by Gasteiger charge is -2.34. The zero-order valence-corrected chi connectivity index (χ0v) is 16.3. The van der Waals surface area contributed by atoms with E-state index in [0.29, 0.717) is 25.1 Å². The summed E-state index contributed by atoms with van der Waals surface area (Å²) in [5.74, 6) is -0.0573. The van der Waals surface area contributed by atoms with Crippen molar-refractivity contribution in [3.05, 3.63) is 23.5 Å². The molecule has 0 spiro atoms. The Morgan fingerprint density at radius 3 is 2.93 bits per heavy atom. The average Bonchev–Trinajstić information content (AvgIpc) is 2.98. The zero-order chi connectivity index (χ0) is 19.6. The van der Waals surface area contributed by atoms with E-state index in [1.54, 1.807) is 11.6 Å². The molecule has 0 bridgehead atoms. The predicted molar refractivity (Wildman–Crippen MR) is 100 cm³/mol. The molecule has 8 heteroatoms. The van der Waals surface area contributed by atoms with Crippen LogP contribution in [-0.2, 0) is 18.4 Å². The third-order valence-corrected chi connectivity index (χ3v) is 5.31. The van der Waals surface area contributed by atoms with Crippen molar-refractivity contribution in [3.63, 3.8) is 0 Å². The first-order chi connectivity index (χ1) is 12.8. The van der Waals surface area contributed by atoms with E-state index in [0.717, 1.165) is 35.6 Å². The van der Waals surface area contributed by atoms with Crippen LogP contribution in [0.3, 0.4) is 0 Å². The van der Waals surface area contributed by atoms with Crippen LogP contribution in [0.25, 0.3) is 11.4 Å². The minimum atomic E-state index is -0.749. The highest BCUT2D eigenvalue weighted by atomic mass is 16.5. The van der Waals surface area contributed by atoms with Crippen LogP contribution in [0.15, 0.2) is 12.1 Å². The van der Waals surface area contributed by atoms with Crippen molar-refractivity contribution in [1.82, 2.24) is 25.3 Å². The number of hydrogen-bond acceptors (Lipinski definition) is 6. The minimum Gasteiger partial charge on any atom is -0.488 e. The molecule has 1 saturated carbocycles. The summed E-state index contributed by atoms with van der Waals surface area (Å²) in [6.07, 6.45) is 2.81. The van der Waals surface area contributed by atoms with Gasteiger partial charge in [-0.25, -0.2) is 4.98 Å². The Bertz CT molecular complexity index is 835. The number of aromatic nitrogens is 4. The van der Waals surface area contributed by atoms with Gasteiger partial charge in [-0.3, -0.25) is 9.48 Å². The fraction of sp³-hybridized carbons (Fsp3) is 0.579. The van der Waals surface area contributed by atoms with Crippen molar-refractivity contribution >= 4 is 5.97 Å². The number of pyridine rings is 1. The lowest BCUT2D eigenvalue weighted by molar-refractivity contribution is -0.151. The molecule has 2 aromatic heterocycles. The molecule has 27 heavy (non-hydrogen) atoms. The van der Waals surface area contributed by atoms with Gasteiger partial charge < -0.3 is 15.2 Å². The normalized spacial score (nSPS) is 22.6. The van der Waals surface area contributed by atoms with Crippen molar-refractivity contribution in [2.75, 3.05) is 7.05 Å². The van der Waals surface area contributed by atoms with Gasteiger partial charge in [0.25, 0.3) is 0 Å². The molecule has 1 aliphatic carbocycles. The number of aryl methyl sites for hydroxylation is 2. The Balaban J connectivity index is 1.79. The van der Waals surface area contributed by atoms with Crippen LogP contribution >= 0.6 is 0 Å². The van der Waals surface area contributed by atoms with Crippen LogP contribution in [0.1, 0.15) is 44.0 Å². The summed E-state index contributed by atoms with van der Waals surface area (Å²) in [7, 11) is 3.73. The number of nitrogens with zero attached hydrogens (tertiary/aromatic N) is 4. The lowest BCUT2D eigenvalue weighted by Crippen LogP contribution is -2.38. The number of hydrogen-bond donors (Lipinski definition) is 2. The summed E-state index contributed by atoms with van der Waals surface area (Å²) < 4.78 is 7.86. The molecule has 146 valence electrons. The summed E-state index contributed by atoms with van der Waals surface area (Å²) in [6, 6.07) is 3.77. The average molecular weight is 373 g/mol. The van der Waals surface area contributed by atoms with Gasteiger partial charge in [0, 0.05) is 20.0 Å². The maximum absolute atomic E-state index is 11.5. The SMILES string of the molecule is CNCc1c(-c2ccc(O[C@H]3CCC[C@](C)(C(=O)O)C3)c(C)n2)nnn1C. The second kappa shape index (κ2) is 7.64. The van der Waals surface area contributed by atoms with Crippen LogP contribution in [-0.4, -0.2) is 44.2 Å². The summed E-state index contributed by atoms with van der Waals surface area (Å²) in [6.45, 7) is 4.34. The quantitative estimate of drug-likeness (QED) is 0.801. The Kier molecular flexibility index (Phi) is 5.46. The van der Waals surface area contributed by atoms with E-state index < -0.39 is 11.4 Å². The number of aliphatic carboxylic acids is 1. The van der Waals surface area contributed by atoms with Crippen LogP contribution in [0.5, 0.6) is 5.75 Å². The number of carbonyl (C=O) groups is 1. The fourth-order valence-electron chi connectivity index (χ4n) is 3.65. The molecule has 0 saturated heterocycles. The summed E-state index contributed by atoms with van der Waals surface area (Å²) >= 11 is 0. The van der Waals surface area contributed by atoms with E-state index in [-0.39, 0.29) is 6.10 Å². The number of rotatable bonds is 6. The molecule has 2 atom stereocenters. The maximum Gasteiger partial charge on any atom is 0.309 e. The van der Waals surface area contributed by atoms with Crippen molar-refractivity contribution in [2.24, 2.45) is 12.5 Å². The highest BCUT2D eigenvalue weighted by molar-refractivity contribution is 5.74. The zero-order valence-electron chi connectivity index (χ0n) is 16.3. The minimum absolute atomic E-state index is 0.109. The summed E-state index contributed by atoms with van der Waals surface area (Å²) in [5, 5.41) is 20.9. The van der Waals surface area contributed by atoms with Crippen molar-refractivity contribution < 1.29 is 14.6 Å². The van der Waals surface area contributed by atoms with Gasteiger partial charge in [-0.2, -0.15) is 0 Å². The summed E-state index contributed by atoms with van der Waals surface area (Å²) in [5.41, 5.74) is 2.50. The van der Waals surface area contributed by atoms with Crippen molar-refractivity contribution in [1.29, 1.82) is 0 Å². The first kappa shape index (κ1) is 19.3. The molecule has 2 N–H and O–H groups in total. The highest BCUT2D eigenvalue weighted by Crippen LogP contribution is 2.38. The number of ether oxygens (including phenoxy) is 1. The number of carboxylic acids is 1. The van der Waals surface area contributed by atoms with E-state index >= 15 is 0 Å². The van der Waals surface area contributed by atoms with Crippen LogP contribution < -0.4 is 10.1 Å². The van der Waals surface area contributed by atoms with Crippen molar-refractivity contribution in [2.45, 2.75) is 52.2 Å². The lowest BCUT2D eigenvalue weighted by atomic mass is 9.74. The Morgan fingerprint density at radius 1 is 1.48 bits per heavy atom. The van der Waals surface area contributed by atoms with Gasteiger partial charge in [-0.15, -0.1) is 5.10 Å². The first-order valence-electron chi connectivity index (χ1n) is 9.25. The Labute approximate surface area is 158 Å². The molecule has 1 aliphatic rings. The third kappa shape index (κ3) is 3.95. The van der Waals surface area contributed by atoms with Crippen molar-refractivity contribution in [3.8, 4) is 17.1 Å². The van der Waals surface area contributed by atoms with Gasteiger partial charge in [0.15, 0.2) is 0 Å². The third-order valence-electron chi connectivity index (χ3n) is 5.31. The molecule has 0 unspecified atom stereocenters. The van der Waals surface area contributed by atoms with Crippen LogP contribution in [0.4, 0.5) is 0 Å². The van der Waals surface area contributed by atoms with Gasteiger partial charge in [0.1, 0.15) is 11.4 Å². The van der Waals surface area contributed by atoms with E-state index in [2.05, 4.69) is 20.6 Å². The smallest absolute Gasteiger partial charge is 0.309 e.